The third-order valence-corrected chi connectivity index (χ3v) is 3.73. The van der Waals surface area contributed by atoms with Crippen molar-refractivity contribution in [2.45, 2.75) is 57.2 Å². The van der Waals surface area contributed by atoms with Crippen LogP contribution in [-0.4, -0.2) is 17.2 Å². The zero-order chi connectivity index (χ0) is 13.0. The van der Waals surface area contributed by atoms with E-state index in [4.69, 9.17) is 0 Å². The SMILES string of the molecule is CCC[C@@H]1CCC[C@@H]([C@@H](O)c2cccc(F)c2)N1. The maximum atomic E-state index is 13.2. The minimum Gasteiger partial charge on any atom is -0.387 e. The molecule has 1 aliphatic rings. The summed E-state index contributed by atoms with van der Waals surface area (Å²) in [7, 11) is 0. The fourth-order valence-corrected chi connectivity index (χ4v) is 2.80. The Bertz CT molecular complexity index is 381. The molecule has 2 nitrogen and oxygen atoms in total. The number of nitrogens with one attached hydrogen (secondary N) is 1. The summed E-state index contributed by atoms with van der Waals surface area (Å²) in [5, 5.41) is 13.8. The average Bonchev–Trinajstić information content (AvgIpc) is 2.39. The van der Waals surface area contributed by atoms with Crippen LogP contribution in [0.4, 0.5) is 4.39 Å². The van der Waals surface area contributed by atoms with Crippen LogP contribution in [0.5, 0.6) is 0 Å². The van der Waals surface area contributed by atoms with Crippen molar-refractivity contribution in [2.24, 2.45) is 0 Å². The lowest BCUT2D eigenvalue weighted by Gasteiger charge is -2.34. The normalized spacial score (nSPS) is 25.9. The topological polar surface area (TPSA) is 32.3 Å². The van der Waals surface area contributed by atoms with Gasteiger partial charge in [0.1, 0.15) is 5.82 Å². The zero-order valence-electron chi connectivity index (χ0n) is 10.9. The van der Waals surface area contributed by atoms with Crippen LogP contribution in [0.15, 0.2) is 24.3 Å². The second-order valence-corrected chi connectivity index (χ2v) is 5.19. The van der Waals surface area contributed by atoms with Crippen molar-refractivity contribution in [2.75, 3.05) is 0 Å². The summed E-state index contributed by atoms with van der Waals surface area (Å²) < 4.78 is 13.2. The summed E-state index contributed by atoms with van der Waals surface area (Å²) in [6.45, 7) is 2.17. The van der Waals surface area contributed by atoms with Gasteiger partial charge in [-0.1, -0.05) is 31.9 Å². The summed E-state index contributed by atoms with van der Waals surface area (Å²) >= 11 is 0. The predicted molar refractivity (Wildman–Crippen MR) is 70.8 cm³/mol. The maximum absolute atomic E-state index is 13.2. The third-order valence-electron chi connectivity index (χ3n) is 3.73. The highest BCUT2D eigenvalue weighted by Crippen LogP contribution is 2.26. The molecule has 0 bridgehead atoms. The summed E-state index contributed by atoms with van der Waals surface area (Å²) in [4.78, 5) is 0. The molecule has 0 unspecified atom stereocenters. The maximum Gasteiger partial charge on any atom is 0.123 e. The van der Waals surface area contributed by atoms with Gasteiger partial charge in [0.15, 0.2) is 0 Å². The van der Waals surface area contributed by atoms with Crippen LogP contribution in [0.3, 0.4) is 0 Å². The molecule has 0 aromatic heterocycles. The lowest BCUT2D eigenvalue weighted by atomic mass is 9.90. The largest absolute Gasteiger partial charge is 0.387 e. The van der Waals surface area contributed by atoms with E-state index in [1.807, 2.05) is 0 Å². The molecule has 2 rings (SSSR count). The van der Waals surface area contributed by atoms with E-state index in [1.54, 1.807) is 12.1 Å². The van der Waals surface area contributed by atoms with Crippen molar-refractivity contribution >= 4 is 0 Å². The van der Waals surface area contributed by atoms with E-state index in [-0.39, 0.29) is 11.9 Å². The Labute approximate surface area is 108 Å². The van der Waals surface area contributed by atoms with Gasteiger partial charge in [0.25, 0.3) is 0 Å². The average molecular weight is 251 g/mol. The van der Waals surface area contributed by atoms with Crippen molar-refractivity contribution in [3.63, 3.8) is 0 Å². The van der Waals surface area contributed by atoms with Crippen LogP contribution in [0.1, 0.15) is 50.7 Å². The van der Waals surface area contributed by atoms with Gasteiger partial charge in [0, 0.05) is 12.1 Å². The Balaban J connectivity index is 2.02. The molecule has 1 aromatic rings. The van der Waals surface area contributed by atoms with E-state index in [9.17, 15) is 9.50 Å². The van der Waals surface area contributed by atoms with Crippen molar-refractivity contribution in [3.8, 4) is 0 Å². The van der Waals surface area contributed by atoms with E-state index in [2.05, 4.69) is 12.2 Å². The van der Waals surface area contributed by atoms with Crippen LogP contribution in [0.25, 0.3) is 0 Å². The first kappa shape index (κ1) is 13.5. The van der Waals surface area contributed by atoms with Crippen LogP contribution < -0.4 is 5.32 Å². The monoisotopic (exact) mass is 251 g/mol. The van der Waals surface area contributed by atoms with Gasteiger partial charge in [-0.25, -0.2) is 4.39 Å². The van der Waals surface area contributed by atoms with Gasteiger partial charge in [-0.3, -0.25) is 0 Å². The number of halogens is 1. The first-order valence-corrected chi connectivity index (χ1v) is 6.90. The molecule has 18 heavy (non-hydrogen) atoms. The predicted octanol–water partition coefficient (Wildman–Crippen LogP) is 3.17. The molecule has 0 radical (unpaired) electrons. The highest BCUT2D eigenvalue weighted by Gasteiger charge is 2.27. The number of hydrogen-bond donors (Lipinski definition) is 2. The highest BCUT2D eigenvalue weighted by atomic mass is 19.1. The van der Waals surface area contributed by atoms with Crippen LogP contribution >= 0.6 is 0 Å². The summed E-state index contributed by atoms with van der Waals surface area (Å²) in [5.74, 6) is -0.285. The molecule has 3 heteroatoms. The van der Waals surface area contributed by atoms with E-state index in [1.165, 1.54) is 18.6 Å². The van der Waals surface area contributed by atoms with Crippen molar-refractivity contribution in [1.82, 2.24) is 5.32 Å². The van der Waals surface area contributed by atoms with E-state index >= 15 is 0 Å². The Kier molecular flexibility index (Phi) is 4.72. The van der Waals surface area contributed by atoms with Crippen LogP contribution in [0, 0.1) is 5.82 Å². The fraction of sp³-hybridized carbons (Fsp3) is 0.600. The number of aliphatic hydroxyl groups excluding tert-OH is 1. The van der Waals surface area contributed by atoms with E-state index < -0.39 is 6.10 Å². The van der Waals surface area contributed by atoms with Gasteiger partial charge < -0.3 is 10.4 Å². The quantitative estimate of drug-likeness (QED) is 0.861. The minimum absolute atomic E-state index is 0.0529. The first-order valence-electron chi connectivity index (χ1n) is 6.90. The van der Waals surface area contributed by atoms with Crippen molar-refractivity contribution < 1.29 is 9.50 Å². The summed E-state index contributed by atoms with van der Waals surface area (Å²) in [6.07, 6.45) is 4.96. The molecule has 3 atom stereocenters. The first-order chi connectivity index (χ1) is 8.70. The smallest absolute Gasteiger partial charge is 0.123 e. The molecule has 0 aliphatic carbocycles. The summed E-state index contributed by atoms with van der Waals surface area (Å²) in [6, 6.07) is 6.83. The minimum atomic E-state index is -0.611. The van der Waals surface area contributed by atoms with Gasteiger partial charge >= 0.3 is 0 Å². The number of piperidine rings is 1. The number of benzene rings is 1. The van der Waals surface area contributed by atoms with Gasteiger partial charge in [0.2, 0.25) is 0 Å². The number of aliphatic hydroxyl groups is 1. The number of rotatable bonds is 4. The Morgan fingerprint density at radius 3 is 3.00 bits per heavy atom. The molecule has 100 valence electrons. The molecule has 1 fully saturated rings. The Morgan fingerprint density at radius 2 is 2.28 bits per heavy atom. The van der Waals surface area contributed by atoms with Crippen molar-refractivity contribution in [1.29, 1.82) is 0 Å². The van der Waals surface area contributed by atoms with E-state index in [0.29, 0.717) is 11.6 Å². The summed E-state index contributed by atoms with van der Waals surface area (Å²) in [5.41, 5.74) is 0.671. The van der Waals surface area contributed by atoms with Gasteiger partial charge in [-0.05, 0) is 37.0 Å². The lowest BCUT2D eigenvalue weighted by Crippen LogP contribution is -2.45. The Hall–Kier alpha value is -0.930. The molecule has 2 N–H and O–H groups in total. The lowest BCUT2D eigenvalue weighted by molar-refractivity contribution is 0.0995. The van der Waals surface area contributed by atoms with Crippen molar-refractivity contribution in [3.05, 3.63) is 35.6 Å². The second-order valence-electron chi connectivity index (χ2n) is 5.19. The molecule has 1 aliphatic heterocycles. The molecule has 1 aromatic carbocycles. The highest BCUT2D eigenvalue weighted by molar-refractivity contribution is 5.20. The molecule has 0 spiro atoms. The standard InChI is InChI=1S/C15H22FNO/c1-2-5-13-8-4-9-14(17-13)15(18)11-6-3-7-12(16)10-11/h3,6-7,10,13-15,17-18H,2,4-5,8-9H2,1H3/t13-,14+,15+/m1/s1. The molecule has 0 amide bonds. The van der Waals surface area contributed by atoms with E-state index in [0.717, 1.165) is 25.7 Å². The molecule has 1 saturated heterocycles. The Morgan fingerprint density at radius 1 is 1.44 bits per heavy atom. The molecular weight excluding hydrogens is 229 g/mol. The van der Waals surface area contributed by atoms with Gasteiger partial charge in [0.05, 0.1) is 6.10 Å². The van der Waals surface area contributed by atoms with Crippen LogP contribution in [-0.2, 0) is 0 Å². The fourth-order valence-electron chi connectivity index (χ4n) is 2.80. The molecule has 0 saturated carbocycles. The second kappa shape index (κ2) is 6.30. The van der Waals surface area contributed by atoms with Gasteiger partial charge in [-0.2, -0.15) is 0 Å². The zero-order valence-corrected chi connectivity index (χ0v) is 10.9. The molecular formula is C15H22FNO. The van der Waals surface area contributed by atoms with Gasteiger partial charge in [-0.15, -0.1) is 0 Å². The molecule has 1 heterocycles. The third kappa shape index (κ3) is 3.30. The number of hydrogen-bond acceptors (Lipinski definition) is 2. The van der Waals surface area contributed by atoms with Crippen LogP contribution in [0.2, 0.25) is 0 Å².